The van der Waals surface area contributed by atoms with Crippen molar-refractivity contribution >= 4 is 46.7 Å². The van der Waals surface area contributed by atoms with Gasteiger partial charge in [0.15, 0.2) is 5.75 Å². The summed E-state index contributed by atoms with van der Waals surface area (Å²) in [6.45, 7) is 0.799. The summed E-state index contributed by atoms with van der Waals surface area (Å²) in [6.07, 6.45) is 0. The molecule has 2 aliphatic rings. The number of carbonyl (C=O) groups excluding carboxylic acids is 3. The van der Waals surface area contributed by atoms with E-state index in [0.717, 1.165) is 23.6 Å². The summed E-state index contributed by atoms with van der Waals surface area (Å²) in [4.78, 5) is 47.1. The van der Waals surface area contributed by atoms with Gasteiger partial charge in [-0.25, -0.2) is 4.79 Å². The molecule has 0 aromatic rings. The molecule has 1 saturated heterocycles. The fourth-order valence-corrected chi connectivity index (χ4v) is 4.21. The summed E-state index contributed by atoms with van der Waals surface area (Å²) < 4.78 is 52.4. The van der Waals surface area contributed by atoms with Crippen LogP contribution in [0.3, 0.4) is 0 Å². The van der Waals surface area contributed by atoms with Crippen LogP contribution >= 0.6 is 11.8 Å². The first-order valence-corrected chi connectivity index (χ1v) is 9.58. The number of thioether (sulfide) groups is 1. The number of carbonyl (C=O) groups is 4. The van der Waals surface area contributed by atoms with Crippen molar-refractivity contribution in [3.05, 3.63) is 11.3 Å². The van der Waals surface area contributed by atoms with Gasteiger partial charge in [-0.1, -0.05) is 0 Å². The minimum Gasteiger partial charge on any atom is -0.609 e. The Morgan fingerprint density at radius 3 is 2.59 bits per heavy atom. The number of hydrogen-bond donors (Lipinski definition) is 2. The average molecular weight is 430 g/mol. The zero-order valence-corrected chi connectivity index (χ0v) is 15.2. The van der Waals surface area contributed by atoms with Crippen LogP contribution in [0.15, 0.2) is 11.3 Å². The Bertz CT molecular complexity index is 713. The summed E-state index contributed by atoms with van der Waals surface area (Å²) in [7, 11) is 0. The van der Waals surface area contributed by atoms with Gasteiger partial charge in [0.2, 0.25) is 0 Å². The molecule has 1 unspecified atom stereocenters. The maximum Gasteiger partial charge on any atom is 0.573 e. The van der Waals surface area contributed by atoms with Crippen LogP contribution in [0.25, 0.3) is 0 Å². The highest BCUT2D eigenvalue weighted by molar-refractivity contribution is 8.00. The Morgan fingerprint density at radius 2 is 2.07 bits per heavy atom. The second kappa shape index (κ2) is 7.98. The van der Waals surface area contributed by atoms with Crippen molar-refractivity contribution in [3.8, 4) is 0 Å². The Kier molecular flexibility index (Phi) is 6.32. The van der Waals surface area contributed by atoms with Crippen LogP contribution in [-0.2, 0) is 35.1 Å². The standard InChI is InChI=1S/C13H13F3N2O7S2/c1-5(19)25-2-6-3-26-11-8(10(21)18(11)9(6)12(22)23)17-7(20)4-27(24)13(14,15)16/h8,11H,2-4H2,1H3,(H,17,20)(H,22,23)/t8-,11+,27?/m0/s1. The number of nitrogens with zero attached hydrogens (tertiary/aromatic N) is 1. The van der Waals surface area contributed by atoms with E-state index in [1.54, 1.807) is 0 Å². The SMILES string of the molecule is CC(=O)OCC1=C(C(=O)O)N2C(=O)[C@H](NC(=O)C[S+]([O-])C(F)(F)F)[C@H]2SC1. The zero-order chi connectivity index (χ0) is 20.5. The third kappa shape index (κ3) is 4.68. The molecule has 2 amide bonds. The van der Waals surface area contributed by atoms with Crippen molar-refractivity contribution in [1.82, 2.24) is 10.2 Å². The fourth-order valence-electron chi connectivity index (χ4n) is 2.40. The molecule has 14 heteroatoms. The minimum atomic E-state index is -5.06. The van der Waals surface area contributed by atoms with Crippen LogP contribution in [0.2, 0.25) is 0 Å². The molecule has 150 valence electrons. The minimum absolute atomic E-state index is 0.0736. The fraction of sp³-hybridized carbons (Fsp3) is 0.538. The highest BCUT2D eigenvalue weighted by atomic mass is 32.2. The molecule has 2 N–H and O–H groups in total. The predicted molar refractivity (Wildman–Crippen MR) is 85.4 cm³/mol. The molecule has 0 aliphatic carbocycles. The molecule has 0 saturated carbocycles. The van der Waals surface area contributed by atoms with Crippen molar-refractivity contribution < 1.29 is 46.7 Å². The number of alkyl halides is 3. The quantitative estimate of drug-likeness (QED) is 0.329. The van der Waals surface area contributed by atoms with Gasteiger partial charge in [-0.3, -0.25) is 19.3 Å². The van der Waals surface area contributed by atoms with E-state index in [1.807, 2.05) is 5.32 Å². The third-order valence-electron chi connectivity index (χ3n) is 3.54. The molecule has 0 spiro atoms. The topological polar surface area (TPSA) is 136 Å². The molecular formula is C13H13F3N2O7S2. The lowest BCUT2D eigenvalue weighted by Gasteiger charge is -2.49. The van der Waals surface area contributed by atoms with Gasteiger partial charge in [0.25, 0.3) is 11.8 Å². The highest BCUT2D eigenvalue weighted by Crippen LogP contribution is 2.40. The molecule has 0 aromatic heterocycles. The monoisotopic (exact) mass is 430 g/mol. The van der Waals surface area contributed by atoms with Gasteiger partial charge in [-0.15, -0.1) is 24.9 Å². The summed E-state index contributed by atoms with van der Waals surface area (Å²) in [6, 6.07) is -1.24. The van der Waals surface area contributed by atoms with E-state index in [9.17, 15) is 42.0 Å². The van der Waals surface area contributed by atoms with Crippen molar-refractivity contribution in [3.63, 3.8) is 0 Å². The number of ether oxygens (including phenoxy) is 1. The summed E-state index contributed by atoms with van der Waals surface area (Å²) in [5.74, 6) is -5.45. The van der Waals surface area contributed by atoms with Crippen molar-refractivity contribution in [2.24, 2.45) is 0 Å². The van der Waals surface area contributed by atoms with Gasteiger partial charge in [0.1, 0.15) is 23.7 Å². The lowest BCUT2D eigenvalue weighted by Crippen LogP contribution is -2.71. The van der Waals surface area contributed by atoms with Gasteiger partial charge in [0.05, 0.1) is 11.2 Å². The molecule has 0 radical (unpaired) electrons. The van der Waals surface area contributed by atoms with E-state index < -0.39 is 63.3 Å². The molecule has 27 heavy (non-hydrogen) atoms. The smallest absolute Gasteiger partial charge is 0.573 e. The summed E-state index contributed by atoms with van der Waals surface area (Å²) in [5, 5.41) is 10.5. The molecule has 0 bridgehead atoms. The average Bonchev–Trinajstić information content (AvgIpc) is 2.55. The lowest BCUT2D eigenvalue weighted by atomic mass is 10.0. The Labute approximate surface area is 157 Å². The number of nitrogens with one attached hydrogen (secondary N) is 1. The maximum absolute atomic E-state index is 12.2. The van der Waals surface area contributed by atoms with Gasteiger partial charge >= 0.3 is 17.4 Å². The Morgan fingerprint density at radius 1 is 1.44 bits per heavy atom. The number of amides is 2. The van der Waals surface area contributed by atoms with E-state index in [4.69, 9.17) is 4.74 Å². The van der Waals surface area contributed by atoms with Gasteiger partial charge in [-0.2, -0.15) is 0 Å². The number of carboxylic acids is 1. The van der Waals surface area contributed by atoms with Gasteiger partial charge < -0.3 is 19.7 Å². The van der Waals surface area contributed by atoms with E-state index in [2.05, 4.69) is 0 Å². The molecule has 2 rings (SSSR count). The van der Waals surface area contributed by atoms with E-state index in [1.165, 1.54) is 0 Å². The largest absolute Gasteiger partial charge is 0.609 e. The summed E-state index contributed by atoms with van der Waals surface area (Å²) in [5.41, 5.74) is -5.28. The molecule has 2 heterocycles. The maximum atomic E-state index is 12.2. The Balaban J connectivity index is 2.07. The number of hydrogen-bond acceptors (Lipinski definition) is 7. The van der Waals surface area contributed by atoms with Crippen LogP contribution in [-0.4, -0.2) is 73.3 Å². The van der Waals surface area contributed by atoms with Crippen LogP contribution < -0.4 is 5.32 Å². The van der Waals surface area contributed by atoms with Gasteiger partial charge in [0, 0.05) is 18.2 Å². The number of β-lactam (4-membered cyclic amide) rings is 1. The highest BCUT2D eigenvalue weighted by Gasteiger charge is 2.55. The normalized spacial score (nSPS) is 23.3. The molecule has 9 nitrogen and oxygen atoms in total. The second-order valence-corrected chi connectivity index (χ2v) is 7.98. The first-order chi connectivity index (χ1) is 12.4. The van der Waals surface area contributed by atoms with Crippen molar-refractivity contribution in [1.29, 1.82) is 0 Å². The first kappa shape index (κ1) is 21.4. The summed E-state index contributed by atoms with van der Waals surface area (Å²) >= 11 is -2.35. The molecule has 1 fully saturated rings. The molecular weight excluding hydrogens is 417 g/mol. The molecule has 2 aliphatic heterocycles. The predicted octanol–water partition coefficient (Wildman–Crippen LogP) is -0.443. The molecule has 0 aromatic carbocycles. The zero-order valence-electron chi connectivity index (χ0n) is 13.6. The van der Waals surface area contributed by atoms with E-state index >= 15 is 0 Å². The number of fused-ring (bicyclic) bond motifs is 1. The van der Waals surface area contributed by atoms with Crippen LogP contribution in [0.5, 0.6) is 0 Å². The number of carboxylic acid groups (broad SMARTS) is 1. The first-order valence-electron chi connectivity index (χ1n) is 7.21. The van der Waals surface area contributed by atoms with Crippen LogP contribution in [0.4, 0.5) is 13.2 Å². The number of esters is 1. The van der Waals surface area contributed by atoms with Crippen LogP contribution in [0, 0.1) is 0 Å². The van der Waals surface area contributed by atoms with E-state index in [0.29, 0.717) is 0 Å². The van der Waals surface area contributed by atoms with Crippen LogP contribution in [0.1, 0.15) is 6.92 Å². The van der Waals surface area contributed by atoms with Crippen molar-refractivity contribution in [2.75, 3.05) is 18.1 Å². The van der Waals surface area contributed by atoms with Gasteiger partial charge in [-0.05, 0) is 0 Å². The number of aliphatic carboxylic acids is 1. The molecule has 3 atom stereocenters. The lowest BCUT2D eigenvalue weighted by molar-refractivity contribution is -0.150. The van der Waals surface area contributed by atoms with Crippen molar-refractivity contribution in [2.45, 2.75) is 23.8 Å². The second-order valence-electron chi connectivity index (χ2n) is 5.43. The number of halogens is 3. The Hall–Kier alpha value is -1.93. The number of rotatable bonds is 6. The third-order valence-corrected chi connectivity index (χ3v) is 5.92. The van der Waals surface area contributed by atoms with E-state index in [-0.39, 0.29) is 17.9 Å².